The van der Waals surface area contributed by atoms with Crippen molar-refractivity contribution < 1.29 is 24.5 Å². The first-order valence-electron chi connectivity index (χ1n) is 4.36. The lowest BCUT2D eigenvalue weighted by Gasteiger charge is -2.04. The van der Waals surface area contributed by atoms with E-state index in [1.54, 1.807) is 0 Å². The highest BCUT2D eigenvalue weighted by Gasteiger charge is 2.02. The third kappa shape index (κ3) is 7.72. The Bertz CT molecular complexity index is 178. The van der Waals surface area contributed by atoms with Gasteiger partial charge in [-0.2, -0.15) is 0 Å². The fourth-order valence-corrected chi connectivity index (χ4v) is 0.689. The molecule has 0 heterocycles. The summed E-state index contributed by atoms with van der Waals surface area (Å²) in [6.45, 7) is 4.78. The molecule has 0 aliphatic rings. The molecule has 5 nitrogen and oxygen atoms in total. The molecule has 0 fully saturated rings. The summed E-state index contributed by atoms with van der Waals surface area (Å²) in [6, 6.07) is 0. The van der Waals surface area contributed by atoms with E-state index in [2.05, 4.69) is 6.58 Å². The van der Waals surface area contributed by atoms with Crippen LogP contribution in [0, 0.1) is 0 Å². The van der Waals surface area contributed by atoms with E-state index >= 15 is 0 Å². The largest absolute Gasteiger partial charge is 0.478 e. The molecule has 0 saturated heterocycles. The molecule has 0 rings (SSSR count). The molecule has 0 saturated carbocycles. The molecule has 0 spiro atoms. The number of carbonyl (C=O) groups is 1. The van der Waals surface area contributed by atoms with Gasteiger partial charge in [0, 0.05) is 12.0 Å². The summed E-state index contributed by atoms with van der Waals surface area (Å²) in [6.07, 6.45) is 0.315. The van der Waals surface area contributed by atoms with Crippen LogP contribution in [0.3, 0.4) is 0 Å². The Hall–Kier alpha value is -0.910. The minimum absolute atomic E-state index is 0.00415. The number of carboxylic acid groups (broad SMARTS) is 1. The van der Waals surface area contributed by atoms with Crippen LogP contribution in [0.15, 0.2) is 12.2 Å². The first-order valence-corrected chi connectivity index (χ1v) is 4.36. The van der Waals surface area contributed by atoms with Gasteiger partial charge in [-0.25, -0.2) is 4.79 Å². The molecule has 0 aromatic carbocycles. The van der Waals surface area contributed by atoms with Crippen LogP contribution in [0.2, 0.25) is 0 Å². The molecule has 0 unspecified atom stereocenters. The monoisotopic (exact) mass is 204 g/mol. The molecule has 0 aliphatic carbocycles. The third-order valence-electron chi connectivity index (χ3n) is 1.46. The first-order chi connectivity index (χ1) is 6.68. The van der Waals surface area contributed by atoms with E-state index < -0.39 is 5.97 Å². The number of aliphatic hydroxyl groups excluding tert-OH is 1. The van der Waals surface area contributed by atoms with Crippen molar-refractivity contribution >= 4 is 5.97 Å². The number of rotatable bonds is 9. The van der Waals surface area contributed by atoms with Crippen molar-refractivity contribution in [3.63, 3.8) is 0 Å². The number of aliphatic carboxylic acids is 1. The molecule has 0 aromatic rings. The average Bonchev–Trinajstić information content (AvgIpc) is 2.16. The number of ether oxygens (including phenoxy) is 2. The van der Waals surface area contributed by atoms with Crippen LogP contribution in [0.25, 0.3) is 0 Å². The molecule has 0 radical (unpaired) electrons. The van der Waals surface area contributed by atoms with Gasteiger partial charge in [-0.15, -0.1) is 0 Å². The van der Waals surface area contributed by atoms with Crippen LogP contribution < -0.4 is 0 Å². The van der Waals surface area contributed by atoms with Gasteiger partial charge in [0.2, 0.25) is 0 Å². The number of aliphatic hydroxyl groups is 1. The second-order valence-electron chi connectivity index (χ2n) is 2.61. The summed E-state index contributed by atoms with van der Waals surface area (Å²) >= 11 is 0. The summed E-state index contributed by atoms with van der Waals surface area (Å²) in [7, 11) is 0. The van der Waals surface area contributed by atoms with Gasteiger partial charge in [-0.05, 0) is 0 Å². The highest BCUT2D eigenvalue weighted by atomic mass is 16.5. The van der Waals surface area contributed by atoms with E-state index in [9.17, 15) is 4.79 Å². The zero-order valence-corrected chi connectivity index (χ0v) is 8.07. The van der Waals surface area contributed by atoms with Crippen LogP contribution in [-0.2, 0) is 14.3 Å². The Morgan fingerprint density at radius 1 is 1.14 bits per heavy atom. The topological polar surface area (TPSA) is 76.0 Å². The van der Waals surface area contributed by atoms with Gasteiger partial charge in [0.15, 0.2) is 0 Å². The number of hydrogen-bond donors (Lipinski definition) is 2. The lowest BCUT2D eigenvalue weighted by Crippen LogP contribution is -2.09. The third-order valence-corrected chi connectivity index (χ3v) is 1.46. The maximum absolute atomic E-state index is 10.3. The molecule has 14 heavy (non-hydrogen) atoms. The Kier molecular flexibility index (Phi) is 8.11. The molecule has 0 amide bonds. The van der Waals surface area contributed by atoms with Crippen LogP contribution in [-0.4, -0.2) is 49.2 Å². The fraction of sp³-hybridized carbons (Fsp3) is 0.667. The highest BCUT2D eigenvalue weighted by molar-refractivity contribution is 5.85. The molecule has 0 bridgehead atoms. The molecular weight excluding hydrogens is 188 g/mol. The van der Waals surface area contributed by atoms with E-state index in [0.29, 0.717) is 32.8 Å². The number of hydrogen-bond acceptors (Lipinski definition) is 4. The molecule has 5 heteroatoms. The molecule has 0 aromatic heterocycles. The SMILES string of the molecule is C=C(CCOCCOCCO)C(=O)O. The second-order valence-corrected chi connectivity index (χ2v) is 2.61. The van der Waals surface area contributed by atoms with Gasteiger partial charge in [0.05, 0.1) is 33.0 Å². The van der Waals surface area contributed by atoms with E-state index in [-0.39, 0.29) is 12.2 Å². The fourth-order valence-electron chi connectivity index (χ4n) is 0.689. The smallest absolute Gasteiger partial charge is 0.331 e. The molecule has 82 valence electrons. The second kappa shape index (κ2) is 8.68. The van der Waals surface area contributed by atoms with E-state index in [0.717, 1.165) is 0 Å². The zero-order valence-electron chi connectivity index (χ0n) is 8.07. The van der Waals surface area contributed by atoms with Crippen LogP contribution >= 0.6 is 0 Å². The van der Waals surface area contributed by atoms with Crippen molar-refractivity contribution in [1.82, 2.24) is 0 Å². The van der Waals surface area contributed by atoms with Crippen molar-refractivity contribution in [3.8, 4) is 0 Å². The quantitative estimate of drug-likeness (QED) is 0.410. The Morgan fingerprint density at radius 3 is 2.21 bits per heavy atom. The standard InChI is InChI=1S/C9H16O5/c1-8(9(11)12)2-4-13-6-7-14-5-3-10/h10H,1-7H2,(H,11,12). The van der Waals surface area contributed by atoms with E-state index in [1.807, 2.05) is 0 Å². The maximum atomic E-state index is 10.3. The minimum Gasteiger partial charge on any atom is -0.478 e. The lowest BCUT2D eigenvalue weighted by atomic mass is 10.2. The summed E-state index contributed by atoms with van der Waals surface area (Å²) in [5.74, 6) is -0.995. The first kappa shape index (κ1) is 13.1. The average molecular weight is 204 g/mol. The van der Waals surface area contributed by atoms with Gasteiger partial charge in [0.25, 0.3) is 0 Å². The minimum atomic E-state index is -0.995. The summed E-state index contributed by atoms with van der Waals surface area (Å²) in [4.78, 5) is 10.3. The Labute approximate surface area is 82.9 Å². The highest BCUT2D eigenvalue weighted by Crippen LogP contribution is 1.97. The molecule has 0 atom stereocenters. The van der Waals surface area contributed by atoms with E-state index in [1.165, 1.54) is 0 Å². The van der Waals surface area contributed by atoms with Crippen molar-refractivity contribution in [1.29, 1.82) is 0 Å². The van der Waals surface area contributed by atoms with Gasteiger partial charge in [-0.1, -0.05) is 6.58 Å². The summed E-state index contributed by atoms with van der Waals surface area (Å²) in [5.41, 5.74) is 0.140. The summed E-state index contributed by atoms with van der Waals surface area (Å²) < 4.78 is 9.99. The van der Waals surface area contributed by atoms with Gasteiger partial charge in [0.1, 0.15) is 0 Å². The Balaban J connectivity index is 3.13. The van der Waals surface area contributed by atoms with E-state index in [4.69, 9.17) is 19.7 Å². The van der Waals surface area contributed by atoms with Crippen LogP contribution in [0.5, 0.6) is 0 Å². The van der Waals surface area contributed by atoms with Crippen molar-refractivity contribution in [3.05, 3.63) is 12.2 Å². The van der Waals surface area contributed by atoms with Crippen LogP contribution in [0.1, 0.15) is 6.42 Å². The van der Waals surface area contributed by atoms with Gasteiger partial charge in [-0.3, -0.25) is 0 Å². The van der Waals surface area contributed by atoms with Crippen LogP contribution in [0.4, 0.5) is 0 Å². The predicted octanol–water partition coefficient (Wildman–Crippen LogP) is 0.0428. The normalized spacial score (nSPS) is 10.1. The van der Waals surface area contributed by atoms with Gasteiger partial charge >= 0.3 is 5.97 Å². The maximum Gasteiger partial charge on any atom is 0.331 e. The lowest BCUT2D eigenvalue weighted by molar-refractivity contribution is -0.132. The van der Waals surface area contributed by atoms with Gasteiger partial charge < -0.3 is 19.7 Å². The predicted molar refractivity (Wildman–Crippen MR) is 50.1 cm³/mol. The Morgan fingerprint density at radius 2 is 1.71 bits per heavy atom. The van der Waals surface area contributed by atoms with Crippen molar-refractivity contribution in [2.75, 3.05) is 33.0 Å². The van der Waals surface area contributed by atoms with Crippen molar-refractivity contribution in [2.24, 2.45) is 0 Å². The van der Waals surface area contributed by atoms with Crippen molar-refractivity contribution in [2.45, 2.75) is 6.42 Å². The molecule has 0 aliphatic heterocycles. The number of carboxylic acids is 1. The summed E-state index contributed by atoms with van der Waals surface area (Å²) in [5, 5.41) is 16.8. The zero-order chi connectivity index (χ0) is 10.8. The molecular formula is C9H16O5. The molecule has 2 N–H and O–H groups in total.